The van der Waals surface area contributed by atoms with Gasteiger partial charge in [-0.05, 0) is 25.1 Å². The van der Waals surface area contributed by atoms with Crippen molar-refractivity contribution in [1.82, 2.24) is 10.2 Å². The van der Waals surface area contributed by atoms with E-state index in [0.717, 1.165) is 42.0 Å². The molecule has 1 heterocycles. The molecule has 0 unspecified atom stereocenters. The van der Waals surface area contributed by atoms with Gasteiger partial charge in [0.15, 0.2) is 0 Å². The van der Waals surface area contributed by atoms with Crippen LogP contribution in [0.2, 0.25) is 0 Å². The maximum Gasteiger partial charge on any atom is 0.124 e. The lowest BCUT2D eigenvalue weighted by Gasteiger charge is -2.44. The summed E-state index contributed by atoms with van der Waals surface area (Å²) >= 11 is 3.58. The predicted molar refractivity (Wildman–Crippen MR) is 101 cm³/mol. The van der Waals surface area contributed by atoms with Crippen molar-refractivity contribution < 1.29 is 9.84 Å². The molecule has 1 aromatic rings. The number of hydrogen-bond donors (Lipinski definition) is 2. The Hall–Kier alpha value is -0.330. The third-order valence-corrected chi connectivity index (χ3v) is 4.72. The van der Waals surface area contributed by atoms with E-state index in [1.165, 1.54) is 0 Å². The van der Waals surface area contributed by atoms with E-state index >= 15 is 0 Å². The van der Waals surface area contributed by atoms with Crippen LogP contribution in [-0.4, -0.2) is 49.4 Å². The first kappa shape index (κ1) is 20.7. The fraction of sp³-hybridized carbons (Fsp3) is 0.647. The van der Waals surface area contributed by atoms with E-state index in [0.29, 0.717) is 6.61 Å². The highest BCUT2D eigenvalue weighted by atomic mass is 79.9. The number of benzene rings is 1. The molecule has 0 amide bonds. The van der Waals surface area contributed by atoms with Crippen molar-refractivity contribution >= 4 is 28.3 Å². The predicted octanol–water partition coefficient (Wildman–Crippen LogP) is 3.23. The molecule has 0 saturated carbocycles. The van der Waals surface area contributed by atoms with E-state index in [1.807, 2.05) is 19.1 Å². The molecule has 1 saturated heterocycles. The zero-order valence-corrected chi connectivity index (χ0v) is 16.5. The third-order valence-electron chi connectivity index (χ3n) is 4.23. The topological polar surface area (TPSA) is 44.7 Å². The second-order valence-corrected chi connectivity index (χ2v) is 7.37. The van der Waals surface area contributed by atoms with Crippen LogP contribution in [0.1, 0.15) is 32.4 Å². The lowest BCUT2D eigenvalue weighted by atomic mass is 9.79. The second kappa shape index (κ2) is 9.23. The lowest BCUT2D eigenvalue weighted by Crippen LogP contribution is -2.49. The van der Waals surface area contributed by atoms with E-state index in [-0.39, 0.29) is 30.5 Å². The van der Waals surface area contributed by atoms with E-state index < -0.39 is 0 Å². The van der Waals surface area contributed by atoms with E-state index in [4.69, 9.17) is 4.74 Å². The van der Waals surface area contributed by atoms with E-state index in [1.54, 1.807) is 0 Å². The molecule has 6 heteroatoms. The summed E-state index contributed by atoms with van der Waals surface area (Å²) < 4.78 is 6.90. The number of rotatable bonds is 6. The highest BCUT2D eigenvalue weighted by molar-refractivity contribution is 9.10. The molecule has 2 N–H and O–H groups in total. The molecule has 132 valence electrons. The van der Waals surface area contributed by atoms with Gasteiger partial charge >= 0.3 is 0 Å². The van der Waals surface area contributed by atoms with Crippen LogP contribution in [0.15, 0.2) is 22.7 Å². The Labute approximate surface area is 154 Å². The summed E-state index contributed by atoms with van der Waals surface area (Å²) in [4.78, 5) is 2.46. The van der Waals surface area contributed by atoms with Crippen LogP contribution in [0.5, 0.6) is 5.75 Å². The highest BCUT2D eigenvalue weighted by Crippen LogP contribution is 2.43. The van der Waals surface area contributed by atoms with Gasteiger partial charge < -0.3 is 15.2 Å². The van der Waals surface area contributed by atoms with Crippen molar-refractivity contribution in [2.45, 2.75) is 26.8 Å². The van der Waals surface area contributed by atoms with Gasteiger partial charge in [-0.2, -0.15) is 0 Å². The summed E-state index contributed by atoms with van der Waals surface area (Å²) in [5, 5.41) is 13.3. The molecular weight excluding hydrogens is 380 g/mol. The Morgan fingerprint density at radius 3 is 2.57 bits per heavy atom. The largest absolute Gasteiger partial charge is 0.494 e. The molecule has 23 heavy (non-hydrogen) atoms. The van der Waals surface area contributed by atoms with Crippen LogP contribution < -0.4 is 10.1 Å². The second-order valence-electron chi connectivity index (χ2n) is 6.45. The smallest absolute Gasteiger partial charge is 0.124 e. The van der Waals surface area contributed by atoms with Crippen LogP contribution in [0, 0.1) is 5.41 Å². The van der Waals surface area contributed by atoms with Crippen LogP contribution in [0.25, 0.3) is 0 Å². The van der Waals surface area contributed by atoms with Crippen molar-refractivity contribution in [2.75, 3.05) is 39.4 Å². The summed E-state index contributed by atoms with van der Waals surface area (Å²) in [5.74, 6) is 0.913. The molecule has 0 bridgehead atoms. The van der Waals surface area contributed by atoms with Gasteiger partial charge in [-0.1, -0.05) is 29.8 Å². The number of hydrogen-bond acceptors (Lipinski definition) is 4. The fourth-order valence-corrected chi connectivity index (χ4v) is 3.54. The van der Waals surface area contributed by atoms with E-state index in [9.17, 15) is 5.11 Å². The van der Waals surface area contributed by atoms with Gasteiger partial charge in [0.1, 0.15) is 5.75 Å². The summed E-state index contributed by atoms with van der Waals surface area (Å²) in [6.07, 6.45) is 0. The van der Waals surface area contributed by atoms with Crippen molar-refractivity contribution in [2.24, 2.45) is 5.41 Å². The van der Waals surface area contributed by atoms with Gasteiger partial charge in [-0.25, -0.2) is 0 Å². The first-order valence-corrected chi connectivity index (χ1v) is 8.76. The average Bonchev–Trinajstić information content (AvgIpc) is 2.51. The maximum atomic E-state index is 9.95. The van der Waals surface area contributed by atoms with Crippen molar-refractivity contribution in [3.8, 4) is 5.75 Å². The number of nitrogens with one attached hydrogen (secondary N) is 1. The van der Waals surface area contributed by atoms with Gasteiger partial charge in [0.05, 0.1) is 6.61 Å². The van der Waals surface area contributed by atoms with Crippen LogP contribution in [0.4, 0.5) is 0 Å². The normalized spacial score (nSPS) is 17.4. The zero-order valence-electron chi connectivity index (χ0n) is 14.1. The van der Waals surface area contributed by atoms with E-state index in [2.05, 4.69) is 46.1 Å². The quantitative estimate of drug-likeness (QED) is 0.760. The van der Waals surface area contributed by atoms with Gasteiger partial charge in [-0.3, -0.25) is 4.90 Å². The Kier molecular flexibility index (Phi) is 8.31. The molecule has 1 aliphatic heterocycles. The minimum atomic E-state index is -0.246. The molecule has 0 radical (unpaired) electrons. The molecule has 0 aromatic heterocycles. The van der Waals surface area contributed by atoms with Gasteiger partial charge in [0.2, 0.25) is 0 Å². The molecule has 0 aliphatic carbocycles. The Bertz CT molecular complexity index is 493. The van der Waals surface area contributed by atoms with Crippen molar-refractivity contribution in [3.05, 3.63) is 28.2 Å². The minimum absolute atomic E-state index is 0. The molecule has 1 aromatic carbocycles. The Balaban J connectivity index is 0.00000264. The Morgan fingerprint density at radius 1 is 1.35 bits per heavy atom. The minimum Gasteiger partial charge on any atom is -0.494 e. The lowest BCUT2D eigenvalue weighted by molar-refractivity contribution is 0.0290. The number of halogens is 2. The number of aliphatic hydroxyl groups excluding tert-OH is 1. The summed E-state index contributed by atoms with van der Waals surface area (Å²) in [6.45, 7) is 10.9. The fourth-order valence-electron chi connectivity index (χ4n) is 3.16. The average molecular weight is 408 g/mol. The van der Waals surface area contributed by atoms with Gasteiger partial charge in [-0.15, -0.1) is 12.4 Å². The molecule has 4 nitrogen and oxygen atoms in total. The van der Waals surface area contributed by atoms with Gasteiger partial charge in [0.25, 0.3) is 0 Å². The SMILES string of the molecule is CCOc1ccc(Br)cc1[C@H](N1CCNCC1)C(C)(C)CO.Cl. The molecule has 0 spiro atoms. The monoisotopic (exact) mass is 406 g/mol. The first-order chi connectivity index (χ1) is 10.5. The number of ether oxygens (including phenoxy) is 1. The van der Waals surface area contributed by atoms with Crippen LogP contribution in [-0.2, 0) is 0 Å². The summed E-state index contributed by atoms with van der Waals surface area (Å²) in [6, 6.07) is 6.29. The molecular formula is C17H28BrClN2O2. The number of aliphatic hydroxyl groups is 1. The number of piperazine rings is 1. The standard InChI is InChI=1S/C17H27BrN2O2.ClH/c1-4-22-15-6-5-13(18)11-14(15)16(17(2,3)12-21)20-9-7-19-8-10-20;/h5-6,11,16,19,21H,4,7-10,12H2,1-3H3;1H/t16-;/m0./s1. The highest BCUT2D eigenvalue weighted by Gasteiger charge is 2.37. The third kappa shape index (κ3) is 5.07. The maximum absolute atomic E-state index is 9.95. The first-order valence-electron chi connectivity index (χ1n) is 7.97. The van der Waals surface area contributed by atoms with Crippen molar-refractivity contribution in [1.29, 1.82) is 0 Å². The molecule has 1 fully saturated rings. The summed E-state index contributed by atoms with van der Waals surface area (Å²) in [5.41, 5.74) is 0.904. The molecule has 1 aliphatic rings. The number of nitrogens with zero attached hydrogens (tertiary/aromatic N) is 1. The van der Waals surface area contributed by atoms with Crippen molar-refractivity contribution in [3.63, 3.8) is 0 Å². The molecule has 1 atom stereocenters. The van der Waals surface area contributed by atoms with Gasteiger partial charge in [0, 0.05) is 54.3 Å². The molecule has 2 rings (SSSR count). The summed E-state index contributed by atoms with van der Waals surface area (Å²) in [7, 11) is 0. The zero-order chi connectivity index (χ0) is 16.2. The van der Waals surface area contributed by atoms with Crippen LogP contribution in [0.3, 0.4) is 0 Å². The van der Waals surface area contributed by atoms with Crippen LogP contribution >= 0.6 is 28.3 Å². The Morgan fingerprint density at radius 2 is 2.00 bits per heavy atom.